The molecular formula is C15H19BrN2O. The Kier molecular flexibility index (Phi) is 3.63. The summed E-state index contributed by atoms with van der Waals surface area (Å²) in [7, 11) is 0. The topological polar surface area (TPSA) is 23.6 Å². The van der Waals surface area contributed by atoms with Crippen LogP contribution in [0, 0.1) is 6.92 Å². The van der Waals surface area contributed by atoms with Crippen LogP contribution < -0.4 is 0 Å². The van der Waals surface area contributed by atoms with Crippen LogP contribution in [0.15, 0.2) is 22.7 Å². The van der Waals surface area contributed by atoms with Crippen molar-refractivity contribution < 1.29 is 4.79 Å². The molecule has 0 aromatic heterocycles. The maximum Gasteiger partial charge on any atom is 0.253 e. The molecule has 1 saturated heterocycles. The van der Waals surface area contributed by atoms with E-state index in [0.717, 1.165) is 47.8 Å². The van der Waals surface area contributed by atoms with E-state index in [1.807, 2.05) is 30.0 Å². The molecular weight excluding hydrogens is 304 g/mol. The average Bonchev–Trinajstić information content (AvgIpc) is 3.21. The summed E-state index contributed by atoms with van der Waals surface area (Å²) in [5.41, 5.74) is 1.92. The number of hydrogen-bond donors (Lipinski definition) is 0. The van der Waals surface area contributed by atoms with Crippen molar-refractivity contribution in [3.05, 3.63) is 33.8 Å². The zero-order valence-electron chi connectivity index (χ0n) is 11.2. The number of rotatable bonds is 2. The number of carbonyl (C=O) groups is 1. The Morgan fingerprint density at radius 1 is 1.16 bits per heavy atom. The Labute approximate surface area is 122 Å². The summed E-state index contributed by atoms with van der Waals surface area (Å²) in [5.74, 6) is 0.167. The normalized spacial score (nSPS) is 20.6. The number of halogens is 1. The van der Waals surface area contributed by atoms with Crippen LogP contribution in [0.5, 0.6) is 0 Å². The molecule has 0 bridgehead atoms. The Morgan fingerprint density at radius 2 is 1.84 bits per heavy atom. The third-order valence-electron chi connectivity index (χ3n) is 3.95. The molecule has 0 unspecified atom stereocenters. The van der Waals surface area contributed by atoms with E-state index in [2.05, 4.69) is 20.8 Å². The predicted molar refractivity (Wildman–Crippen MR) is 79.4 cm³/mol. The van der Waals surface area contributed by atoms with Crippen molar-refractivity contribution >= 4 is 21.8 Å². The molecule has 0 atom stereocenters. The molecule has 4 heteroatoms. The van der Waals surface area contributed by atoms with Gasteiger partial charge in [-0.25, -0.2) is 0 Å². The number of carbonyl (C=O) groups excluding carboxylic acids is 1. The quantitative estimate of drug-likeness (QED) is 0.835. The van der Waals surface area contributed by atoms with E-state index >= 15 is 0 Å². The van der Waals surface area contributed by atoms with Gasteiger partial charge in [0.05, 0.1) is 0 Å². The fourth-order valence-corrected chi connectivity index (χ4v) is 3.38. The van der Waals surface area contributed by atoms with Crippen molar-refractivity contribution in [1.82, 2.24) is 9.80 Å². The molecule has 1 aliphatic heterocycles. The van der Waals surface area contributed by atoms with E-state index in [1.54, 1.807) is 0 Å². The minimum absolute atomic E-state index is 0.167. The Morgan fingerprint density at radius 3 is 2.42 bits per heavy atom. The van der Waals surface area contributed by atoms with Crippen LogP contribution in [0.25, 0.3) is 0 Å². The molecule has 1 heterocycles. The van der Waals surface area contributed by atoms with Crippen molar-refractivity contribution in [1.29, 1.82) is 0 Å². The van der Waals surface area contributed by atoms with E-state index in [4.69, 9.17) is 0 Å². The van der Waals surface area contributed by atoms with Crippen molar-refractivity contribution in [2.75, 3.05) is 26.2 Å². The minimum atomic E-state index is 0.167. The summed E-state index contributed by atoms with van der Waals surface area (Å²) in [6.07, 6.45) is 2.69. The fourth-order valence-electron chi connectivity index (χ4n) is 2.77. The molecule has 0 N–H and O–H groups in total. The first-order valence-electron chi connectivity index (χ1n) is 6.94. The van der Waals surface area contributed by atoms with Crippen LogP contribution in [0.4, 0.5) is 0 Å². The smallest absolute Gasteiger partial charge is 0.253 e. The van der Waals surface area contributed by atoms with E-state index in [9.17, 15) is 4.79 Å². The number of aryl methyl sites for hydroxylation is 1. The Hall–Kier alpha value is -0.870. The number of piperazine rings is 1. The minimum Gasteiger partial charge on any atom is -0.336 e. The lowest BCUT2D eigenvalue weighted by atomic mass is 10.1. The second-order valence-corrected chi connectivity index (χ2v) is 6.49. The lowest BCUT2D eigenvalue weighted by molar-refractivity contribution is 0.0627. The zero-order valence-corrected chi connectivity index (χ0v) is 12.8. The summed E-state index contributed by atoms with van der Waals surface area (Å²) in [6, 6.07) is 6.73. The second kappa shape index (κ2) is 5.25. The molecule has 2 aliphatic rings. The van der Waals surface area contributed by atoms with Gasteiger partial charge < -0.3 is 4.90 Å². The molecule has 1 amide bonds. The van der Waals surface area contributed by atoms with Crippen LogP contribution >= 0.6 is 15.9 Å². The molecule has 3 rings (SSSR count). The molecule has 0 spiro atoms. The van der Waals surface area contributed by atoms with Gasteiger partial charge in [0.2, 0.25) is 0 Å². The zero-order chi connectivity index (χ0) is 13.4. The second-order valence-electron chi connectivity index (χ2n) is 5.58. The summed E-state index contributed by atoms with van der Waals surface area (Å²) in [6.45, 7) is 5.81. The third kappa shape index (κ3) is 3.00. The molecule has 2 fully saturated rings. The van der Waals surface area contributed by atoms with Gasteiger partial charge in [0.15, 0.2) is 0 Å². The van der Waals surface area contributed by atoms with Crippen LogP contribution in [0.2, 0.25) is 0 Å². The van der Waals surface area contributed by atoms with Crippen LogP contribution in [-0.4, -0.2) is 47.9 Å². The molecule has 0 radical (unpaired) electrons. The summed E-state index contributed by atoms with van der Waals surface area (Å²) in [5, 5.41) is 0. The Bertz CT molecular complexity index is 471. The predicted octanol–water partition coefficient (Wildman–Crippen LogP) is 2.68. The highest BCUT2D eigenvalue weighted by Gasteiger charge is 2.32. The molecule has 1 aromatic carbocycles. The standard InChI is InChI=1S/C15H19BrN2O/c1-11-8-12(10-13(16)9-11)15(19)18-6-4-17(5-7-18)14-2-3-14/h8-10,14H,2-7H2,1H3. The van der Waals surface area contributed by atoms with E-state index in [-0.39, 0.29) is 5.91 Å². The highest BCUT2D eigenvalue weighted by atomic mass is 79.9. The first-order chi connectivity index (χ1) is 9.13. The van der Waals surface area contributed by atoms with E-state index < -0.39 is 0 Å². The fraction of sp³-hybridized carbons (Fsp3) is 0.533. The first-order valence-corrected chi connectivity index (χ1v) is 7.73. The summed E-state index contributed by atoms with van der Waals surface area (Å²) < 4.78 is 0.979. The van der Waals surface area contributed by atoms with Gasteiger partial charge in [-0.05, 0) is 43.5 Å². The number of benzene rings is 1. The number of amides is 1. The lowest BCUT2D eigenvalue weighted by Crippen LogP contribution is -2.49. The molecule has 3 nitrogen and oxygen atoms in total. The third-order valence-corrected chi connectivity index (χ3v) is 4.41. The van der Waals surface area contributed by atoms with Crippen molar-refractivity contribution in [3.8, 4) is 0 Å². The number of hydrogen-bond acceptors (Lipinski definition) is 2. The monoisotopic (exact) mass is 322 g/mol. The maximum absolute atomic E-state index is 12.5. The van der Waals surface area contributed by atoms with Gasteiger partial charge in [0, 0.05) is 42.3 Å². The lowest BCUT2D eigenvalue weighted by Gasteiger charge is -2.34. The molecule has 19 heavy (non-hydrogen) atoms. The van der Waals surface area contributed by atoms with Crippen LogP contribution in [0.1, 0.15) is 28.8 Å². The molecule has 1 aliphatic carbocycles. The molecule has 1 saturated carbocycles. The first kappa shape index (κ1) is 13.1. The van der Waals surface area contributed by atoms with Gasteiger partial charge in [-0.2, -0.15) is 0 Å². The van der Waals surface area contributed by atoms with Gasteiger partial charge in [0.1, 0.15) is 0 Å². The van der Waals surface area contributed by atoms with Gasteiger partial charge in [-0.3, -0.25) is 9.69 Å². The van der Waals surface area contributed by atoms with Crippen molar-refractivity contribution in [2.45, 2.75) is 25.8 Å². The summed E-state index contributed by atoms with van der Waals surface area (Å²) in [4.78, 5) is 17.0. The van der Waals surface area contributed by atoms with E-state index in [0.29, 0.717) is 0 Å². The number of nitrogens with zero attached hydrogens (tertiary/aromatic N) is 2. The molecule has 1 aromatic rings. The van der Waals surface area contributed by atoms with Gasteiger partial charge >= 0.3 is 0 Å². The molecule has 102 valence electrons. The maximum atomic E-state index is 12.5. The van der Waals surface area contributed by atoms with Crippen LogP contribution in [-0.2, 0) is 0 Å². The van der Waals surface area contributed by atoms with Gasteiger partial charge in [-0.1, -0.05) is 15.9 Å². The van der Waals surface area contributed by atoms with Crippen molar-refractivity contribution in [2.24, 2.45) is 0 Å². The van der Waals surface area contributed by atoms with Gasteiger partial charge in [-0.15, -0.1) is 0 Å². The highest BCUT2D eigenvalue weighted by Crippen LogP contribution is 2.27. The van der Waals surface area contributed by atoms with Crippen LogP contribution in [0.3, 0.4) is 0 Å². The summed E-state index contributed by atoms with van der Waals surface area (Å²) >= 11 is 3.46. The van der Waals surface area contributed by atoms with E-state index in [1.165, 1.54) is 12.8 Å². The SMILES string of the molecule is Cc1cc(Br)cc(C(=O)N2CCN(C3CC3)CC2)c1. The van der Waals surface area contributed by atoms with Gasteiger partial charge in [0.25, 0.3) is 5.91 Å². The largest absolute Gasteiger partial charge is 0.336 e. The highest BCUT2D eigenvalue weighted by molar-refractivity contribution is 9.10. The average molecular weight is 323 g/mol. The Balaban J connectivity index is 1.67. The van der Waals surface area contributed by atoms with Crippen molar-refractivity contribution in [3.63, 3.8) is 0 Å².